The van der Waals surface area contributed by atoms with Gasteiger partial charge >= 0.3 is 0 Å². The average molecular weight is 569 g/mol. The molecule has 0 saturated carbocycles. The molecule has 1 aromatic carbocycles. The molecule has 180 valence electrons. The van der Waals surface area contributed by atoms with Gasteiger partial charge in [0.25, 0.3) is 5.91 Å². The highest BCUT2D eigenvalue weighted by Gasteiger charge is 2.25. The predicted molar refractivity (Wildman–Crippen MR) is 137 cm³/mol. The number of ether oxygens (including phenoxy) is 1. The molecule has 1 saturated heterocycles. The van der Waals surface area contributed by atoms with E-state index < -0.39 is 0 Å². The van der Waals surface area contributed by atoms with Gasteiger partial charge in [0.2, 0.25) is 5.91 Å². The van der Waals surface area contributed by atoms with Gasteiger partial charge in [-0.3, -0.25) is 9.59 Å². The van der Waals surface area contributed by atoms with Gasteiger partial charge in [-0.15, -0.1) is 24.0 Å². The zero-order chi connectivity index (χ0) is 22.9. The molecule has 9 nitrogen and oxygen atoms in total. The van der Waals surface area contributed by atoms with E-state index in [1.165, 1.54) is 16.7 Å². The normalized spacial score (nSPS) is 13.8. The largest absolute Gasteiger partial charge is 0.497 e. The molecule has 0 radical (unpaired) electrons. The number of guanidine groups is 1. The Morgan fingerprint density at radius 1 is 1.09 bits per heavy atom. The fourth-order valence-electron chi connectivity index (χ4n) is 3.34. The van der Waals surface area contributed by atoms with Gasteiger partial charge in [0.15, 0.2) is 11.7 Å². The second kappa shape index (κ2) is 13.1. The summed E-state index contributed by atoms with van der Waals surface area (Å²) in [5.41, 5.74) is 1.18. The fraction of sp³-hybridized carbons (Fsp3) is 0.435. The van der Waals surface area contributed by atoms with Crippen LogP contribution >= 0.6 is 24.0 Å². The van der Waals surface area contributed by atoms with E-state index in [0.717, 1.165) is 12.2 Å². The molecular formula is C23H32IN5O4. The lowest BCUT2D eigenvalue weighted by Crippen LogP contribution is -2.54. The second-order valence-corrected chi connectivity index (χ2v) is 7.71. The standard InChI is InChI=1S/C23H31N5O4.HI/c1-26(2)21(29)17-25-23(24-11-10-18-6-8-19(31-3)9-7-18)28-14-12-27(13-15-28)22(30)20-5-4-16-32-20;/h4-9,16H,10-15,17H2,1-3H3,(H,24,25);1H. The third-order valence-corrected chi connectivity index (χ3v) is 5.32. The van der Waals surface area contributed by atoms with Crippen LogP contribution in [0.5, 0.6) is 5.75 Å². The third-order valence-electron chi connectivity index (χ3n) is 5.32. The zero-order valence-electron chi connectivity index (χ0n) is 19.3. The number of amides is 2. The van der Waals surface area contributed by atoms with Gasteiger partial charge < -0.3 is 29.2 Å². The van der Waals surface area contributed by atoms with Crippen LogP contribution in [0.3, 0.4) is 0 Å². The summed E-state index contributed by atoms with van der Waals surface area (Å²) in [5, 5.41) is 3.38. The van der Waals surface area contributed by atoms with E-state index in [0.29, 0.717) is 44.4 Å². The van der Waals surface area contributed by atoms with E-state index in [1.54, 1.807) is 38.2 Å². The lowest BCUT2D eigenvalue weighted by atomic mass is 10.1. The van der Waals surface area contributed by atoms with Crippen LogP contribution in [-0.4, -0.2) is 92.9 Å². The smallest absolute Gasteiger partial charge is 0.289 e. The van der Waals surface area contributed by atoms with E-state index in [-0.39, 0.29) is 42.3 Å². The third kappa shape index (κ3) is 7.65. The molecule has 0 bridgehead atoms. The molecule has 0 unspecified atom stereocenters. The van der Waals surface area contributed by atoms with Crippen LogP contribution in [0.2, 0.25) is 0 Å². The van der Waals surface area contributed by atoms with E-state index >= 15 is 0 Å². The van der Waals surface area contributed by atoms with Gasteiger partial charge in [-0.05, 0) is 36.2 Å². The van der Waals surface area contributed by atoms with Crippen LogP contribution in [0, 0.1) is 0 Å². The molecule has 2 amide bonds. The Kier molecular flexibility index (Phi) is 10.5. The number of benzene rings is 1. The molecule has 10 heteroatoms. The molecule has 0 aliphatic carbocycles. The Balaban J connectivity index is 0.00000385. The average Bonchev–Trinajstić information content (AvgIpc) is 3.36. The number of nitrogens with zero attached hydrogens (tertiary/aromatic N) is 4. The molecule has 1 aliphatic rings. The SMILES string of the molecule is COc1ccc(CCNC(=NCC(=O)N(C)C)N2CCN(C(=O)c3ccco3)CC2)cc1.I. The molecular weight excluding hydrogens is 537 g/mol. The highest BCUT2D eigenvalue weighted by molar-refractivity contribution is 14.0. The van der Waals surface area contributed by atoms with Crippen molar-refractivity contribution < 1.29 is 18.7 Å². The molecule has 0 atom stereocenters. The number of nitrogens with one attached hydrogen (secondary N) is 1. The first-order chi connectivity index (χ1) is 15.5. The predicted octanol–water partition coefficient (Wildman–Crippen LogP) is 1.94. The maximum Gasteiger partial charge on any atom is 0.289 e. The molecule has 0 spiro atoms. The minimum absolute atomic E-state index is 0. The van der Waals surface area contributed by atoms with E-state index in [2.05, 4.69) is 15.2 Å². The summed E-state index contributed by atoms with van der Waals surface area (Å²) >= 11 is 0. The maximum atomic E-state index is 12.5. The van der Waals surface area contributed by atoms with Crippen molar-refractivity contribution in [2.45, 2.75) is 6.42 Å². The number of aliphatic imine (C=N–C) groups is 1. The molecule has 1 fully saturated rings. The molecule has 3 rings (SSSR count). The van der Waals surface area contributed by atoms with Crippen LogP contribution in [0.15, 0.2) is 52.1 Å². The van der Waals surface area contributed by atoms with E-state index in [1.807, 2.05) is 24.3 Å². The molecule has 1 aliphatic heterocycles. The second-order valence-electron chi connectivity index (χ2n) is 7.71. The molecule has 33 heavy (non-hydrogen) atoms. The van der Waals surface area contributed by atoms with Crippen molar-refractivity contribution in [3.05, 3.63) is 54.0 Å². The lowest BCUT2D eigenvalue weighted by molar-refractivity contribution is -0.127. The number of rotatable bonds is 7. The number of hydrogen-bond acceptors (Lipinski definition) is 5. The van der Waals surface area contributed by atoms with Gasteiger partial charge in [0.1, 0.15) is 12.3 Å². The minimum Gasteiger partial charge on any atom is -0.497 e. The number of methoxy groups -OCH3 is 1. The minimum atomic E-state index is -0.108. The topological polar surface area (TPSA) is 90.6 Å². The number of furan rings is 1. The highest BCUT2D eigenvalue weighted by atomic mass is 127. The van der Waals surface area contributed by atoms with Crippen LogP contribution in [-0.2, 0) is 11.2 Å². The van der Waals surface area contributed by atoms with E-state index in [9.17, 15) is 9.59 Å². The maximum absolute atomic E-state index is 12.5. The van der Waals surface area contributed by atoms with E-state index in [4.69, 9.17) is 9.15 Å². The quantitative estimate of drug-likeness (QED) is 0.312. The number of piperazine rings is 1. The fourth-order valence-corrected chi connectivity index (χ4v) is 3.34. The Labute approximate surface area is 211 Å². The van der Waals surface area contributed by atoms with Crippen molar-refractivity contribution in [1.82, 2.24) is 20.0 Å². The zero-order valence-corrected chi connectivity index (χ0v) is 21.7. The summed E-state index contributed by atoms with van der Waals surface area (Å²) in [6.07, 6.45) is 2.31. The molecule has 1 aromatic heterocycles. The number of likely N-dealkylation sites (N-methyl/N-ethyl adjacent to an activating group) is 1. The summed E-state index contributed by atoms with van der Waals surface area (Å²) in [4.78, 5) is 34.5. The van der Waals surface area contributed by atoms with Gasteiger partial charge in [-0.25, -0.2) is 4.99 Å². The van der Waals surface area contributed by atoms with Gasteiger partial charge in [-0.1, -0.05) is 12.1 Å². The van der Waals surface area contributed by atoms with Gasteiger partial charge in [0.05, 0.1) is 13.4 Å². The van der Waals surface area contributed by atoms with Crippen molar-refractivity contribution in [3.63, 3.8) is 0 Å². The number of carbonyl (C=O) groups excluding carboxylic acids is 2. The number of halogens is 1. The first-order valence-corrected chi connectivity index (χ1v) is 10.7. The Hall–Kier alpha value is -2.76. The Morgan fingerprint density at radius 3 is 2.33 bits per heavy atom. The number of carbonyl (C=O) groups is 2. The van der Waals surface area contributed by atoms with Crippen molar-refractivity contribution in [2.75, 3.05) is 60.5 Å². The summed E-state index contributed by atoms with van der Waals surface area (Å²) in [6.45, 7) is 3.10. The van der Waals surface area contributed by atoms with Crippen LogP contribution in [0.4, 0.5) is 0 Å². The Bertz CT molecular complexity index is 907. The lowest BCUT2D eigenvalue weighted by Gasteiger charge is -2.36. The first kappa shape index (κ1) is 26.5. The number of hydrogen-bond donors (Lipinski definition) is 1. The monoisotopic (exact) mass is 569 g/mol. The summed E-state index contributed by atoms with van der Waals surface area (Å²) < 4.78 is 10.4. The van der Waals surface area contributed by atoms with Crippen molar-refractivity contribution in [1.29, 1.82) is 0 Å². The summed E-state index contributed by atoms with van der Waals surface area (Å²) in [6, 6.07) is 11.3. The van der Waals surface area contributed by atoms with Crippen molar-refractivity contribution in [3.8, 4) is 5.75 Å². The van der Waals surface area contributed by atoms with Crippen molar-refractivity contribution in [2.24, 2.45) is 4.99 Å². The Morgan fingerprint density at radius 2 is 1.76 bits per heavy atom. The molecule has 2 heterocycles. The van der Waals surface area contributed by atoms with Crippen LogP contribution < -0.4 is 10.1 Å². The van der Waals surface area contributed by atoms with Gasteiger partial charge in [0, 0.05) is 46.8 Å². The van der Waals surface area contributed by atoms with Gasteiger partial charge in [-0.2, -0.15) is 0 Å². The highest BCUT2D eigenvalue weighted by Crippen LogP contribution is 2.12. The van der Waals surface area contributed by atoms with Crippen LogP contribution in [0.1, 0.15) is 16.1 Å². The summed E-state index contributed by atoms with van der Waals surface area (Å²) in [7, 11) is 5.08. The van der Waals surface area contributed by atoms with Crippen molar-refractivity contribution >= 4 is 41.8 Å². The molecule has 1 N–H and O–H groups in total. The summed E-state index contributed by atoms with van der Waals surface area (Å²) in [5.74, 6) is 1.68. The van der Waals surface area contributed by atoms with Crippen LogP contribution in [0.25, 0.3) is 0 Å². The first-order valence-electron chi connectivity index (χ1n) is 10.7. The molecule has 2 aromatic rings.